The van der Waals surface area contributed by atoms with Gasteiger partial charge in [-0.25, -0.2) is 0 Å². The second kappa shape index (κ2) is 4.80. The first-order valence-electron chi connectivity index (χ1n) is 3.34. The van der Waals surface area contributed by atoms with E-state index in [1.165, 1.54) is 0 Å². The average Bonchev–Trinajstić information content (AvgIpc) is 1.85. The summed E-state index contributed by atoms with van der Waals surface area (Å²) in [5.41, 5.74) is 0. The van der Waals surface area contributed by atoms with Crippen LogP contribution in [0.1, 0.15) is 20.3 Å². The third-order valence-electron chi connectivity index (χ3n) is 1.65. The van der Waals surface area contributed by atoms with E-state index in [2.05, 4.69) is 0 Å². The van der Waals surface area contributed by atoms with E-state index < -0.39 is 12.0 Å². The first-order chi connectivity index (χ1) is 5.00. The molecule has 11 heavy (non-hydrogen) atoms. The van der Waals surface area contributed by atoms with Crippen LogP contribution in [0.4, 0.5) is 0 Å². The van der Waals surface area contributed by atoms with Gasteiger partial charge in [0, 0.05) is 0 Å². The molecule has 5 heteroatoms. The van der Waals surface area contributed by atoms with Crippen molar-refractivity contribution in [3.63, 3.8) is 0 Å². The summed E-state index contributed by atoms with van der Waals surface area (Å²) in [6.45, 7) is 3.68. The van der Waals surface area contributed by atoms with Crippen molar-refractivity contribution in [2.75, 3.05) is 0 Å². The second-order valence-electron chi connectivity index (χ2n) is 2.43. The fraction of sp³-hybridized carbons (Fsp3) is 0.833. The van der Waals surface area contributed by atoms with E-state index in [0.717, 1.165) is 6.42 Å². The largest absolute Gasteiger partial charge is 0.480 e. The van der Waals surface area contributed by atoms with Crippen molar-refractivity contribution < 1.29 is 9.90 Å². The van der Waals surface area contributed by atoms with Gasteiger partial charge in [0.05, 0.1) is 0 Å². The molecule has 0 aliphatic heterocycles. The van der Waals surface area contributed by atoms with Crippen molar-refractivity contribution in [1.82, 2.24) is 3.94 Å². The summed E-state index contributed by atoms with van der Waals surface area (Å²) < 4.78 is 0.691. The maximum Gasteiger partial charge on any atom is 0.323 e. The normalized spacial score (nSPS) is 16.5. The maximum atomic E-state index is 10.5. The van der Waals surface area contributed by atoms with E-state index in [0.29, 0.717) is 3.94 Å². The van der Waals surface area contributed by atoms with Crippen LogP contribution >= 0.6 is 23.6 Å². The van der Waals surface area contributed by atoms with E-state index >= 15 is 0 Å². The van der Waals surface area contributed by atoms with Crippen LogP contribution in [0.5, 0.6) is 0 Å². The van der Waals surface area contributed by atoms with Crippen LogP contribution < -0.4 is 0 Å². The summed E-state index contributed by atoms with van der Waals surface area (Å²) >= 11 is 10.7. The molecule has 2 atom stereocenters. The number of halogens is 2. The fourth-order valence-corrected chi connectivity index (χ4v) is 1.29. The Bertz CT molecular complexity index is 141. The Morgan fingerprint density at radius 3 is 2.18 bits per heavy atom. The molecule has 0 heterocycles. The molecule has 0 aliphatic carbocycles. The number of carbonyl (C=O) groups is 1. The molecule has 0 spiro atoms. The average molecular weight is 200 g/mol. The molecular formula is C6H11Cl2NO2. The minimum absolute atomic E-state index is 0.0532. The lowest BCUT2D eigenvalue weighted by atomic mass is 10.0. The van der Waals surface area contributed by atoms with Gasteiger partial charge in [-0.1, -0.05) is 20.3 Å². The summed E-state index contributed by atoms with van der Waals surface area (Å²) in [7, 11) is 0. The van der Waals surface area contributed by atoms with Gasteiger partial charge in [0.25, 0.3) is 0 Å². The van der Waals surface area contributed by atoms with Gasteiger partial charge in [-0.05, 0) is 29.5 Å². The highest BCUT2D eigenvalue weighted by molar-refractivity contribution is 6.34. The van der Waals surface area contributed by atoms with Crippen LogP contribution in [0.2, 0.25) is 0 Å². The molecular weight excluding hydrogens is 189 g/mol. The molecule has 0 radical (unpaired) electrons. The van der Waals surface area contributed by atoms with Gasteiger partial charge >= 0.3 is 5.97 Å². The summed E-state index contributed by atoms with van der Waals surface area (Å²) in [5.74, 6) is -1.05. The lowest BCUT2D eigenvalue weighted by molar-refractivity contribution is -0.141. The van der Waals surface area contributed by atoms with Crippen LogP contribution in [-0.2, 0) is 4.79 Å². The van der Waals surface area contributed by atoms with Crippen molar-refractivity contribution in [2.24, 2.45) is 5.92 Å². The summed E-state index contributed by atoms with van der Waals surface area (Å²) in [6, 6.07) is -0.816. The van der Waals surface area contributed by atoms with E-state index in [1.54, 1.807) is 6.92 Å². The van der Waals surface area contributed by atoms with Gasteiger partial charge in [-0.2, -0.15) is 0 Å². The topological polar surface area (TPSA) is 40.5 Å². The SMILES string of the molecule is CC[C@H](C)[C@@H](C(=O)O)N(Cl)Cl. The second-order valence-corrected chi connectivity index (χ2v) is 3.33. The predicted molar refractivity (Wildman–Crippen MR) is 44.4 cm³/mol. The molecule has 0 amide bonds. The molecule has 0 unspecified atom stereocenters. The van der Waals surface area contributed by atoms with Crippen molar-refractivity contribution in [2.45, 2.75) is 26.3 Å². The van der Waals surface area contributed by atoms with Crippen LogP contribution in [0.25, 0.3) is 0 Å². The van der Waals surface area contributed by atoms with E-state index in [1.807, 2.05) is 6.92 Å². The molecule has 0 aromatic carbocycles. The van der Waals surface area contributed by atoms with Crippen molar-refractivity contribution in [3.8, 4) is 0 Å². The first kappa shape index (κ1) is 11.0. The highest BCUT2D eigenvalue weighted by Crippen LogP contribution is 2.18. The summed E-state index contributed by atoms with van der Waals surface area (Å²) in [4.78, 5) is 10.5. The zero-order chi connectivity index (χ0) is 9.02. The monoisotopic (exact) mass is 199 g/mol. The predicted octanol–water partition coefficient (Wildman–Crippen LogP) is 2.10. The Morgan fingerprint density at radius 2 is 2.09 bits per heavy atom. The number of carboxylic acids is 1. The van der Waals surface area contributed by atoms with Gasteiger partial charge in [0.15, 0.2) is 0 Å². The van der Waals surface area contributed by atoms with Gasteiger partial charge in [-0.3, -0.25) is 4.79 Å². The molecule has 66 valence electrons. The summed E-state index contributed by atoms with van der Waals surface area (Å²) in [6.07, 6.45) is 0.729. The Kier molecular flexibility index (Phi) is 4.81. The van der Waals surface area contributed by atoms with E-state index in [4.69, 9.17) is 28.7 Å². The molecule has 1 N–H and O–H groups in total. The van der Waals surface area contributed by atoms with E-state index in [-0.39, 0.29) is 5.92 Å². The van der Waals surface area contributed by atoms with Crippen LogP contribution in [0.3, 0.4) is 0 Å². The third-order valence-corrected chi connectivity index (χ3v) is 2.07. The van der Waals surface area contributed by atoms with Gasteiger partial charge < -0.3 is 5.11 Å². The number of hydrogen-bond donors (Lipinski definition) is 1. The van der Waals surface area contributed by atoms with Crippen molar-refractivity contribution in [3.05, 3.63) is 0 Å². The molecule has 0 aromatic heterocycles. The molecule has 0 rings (SSSR count). The van der Waals surface area contributed by atoms with Gasteiger partial charge in [0.1, 0.15) is 6.04 Å². The fourth-order valence-electron chi connectivity index (χ4n) is 0.743. The summed E-state index contributed by atoms with van der Waals surface area (Å²) in [5, 5.41) is 8.63. The Morgan fingerprint density at radius 1 is 1.64 bits per heavy atom. The Labute approximate surface area is 76.1 Å². The lowest BCUT2D eigenvalue weighted by Crippen LogP contribution is -2.35. The highest BCUT2D eigenvalue weighted by atomic mass is 35.5. The third kappa shape index (κ3) is 3.27. The maximum absolute atomic E-state index is 10.5. The Hall–Kier alpha value is 0.01000. The number of aliphatic carboxylic acids is 1. The smallest absolute Gasteiger partial charge is 0.323 e. The lowest BCUT2D eigenvalue weighted by Gasteiger charge is -2.20. The van der Waals surface area contributed by atoms with Gasteiger partial charge in [-0.15, -0.1) is 3.94 Å². The van der Waals surface area contributed by atoms with Crippen LogP contribution in [0, 0.1) is 5.92 Å². The molecule has 0 saturated heterocycles. The van der Waals surface area contributed by atoms with E-state index in [9.17, 15) is 4.79 Å². The first-order valence-corrected chi connectivity index (χ1v) is 4.01. The minimum Gasteiger partial charge on any atom is -0.480 e. The number of rotatable bonds is 4. The number of carboxylic acid groups (broad SMARTS) is 1. The zero-order valence-corrected chi connectivity index (χ0v) is 7.93. The highest BCUT2D eigenvalue weighted by Gasteiger charge is 2.28. The molecule has 0 bridgehead atoms. The molecule has 0 aromatic rings. The quantitative estimate of drug-likeness (QED) is 0.706. The molecule has 0 fully saturated rings. The van der Waals surface area contributed by atoms with Crippen molar-refractivity contribution in [1.29, 1.82) is 0 Å². The molecule has 0 saturated carbocycles. The van der Waals surface area contributed by atoms with Gasteiger partial charge in [0.2, 0.25) is 0 Å². The number of nitrogens with zero attached hydrogens (tertiary/aromatic N) is 1. The minimum atomic E-state index is -0.996. The molecule has 0 aliphatic rings. The zero-order valence-electron chi connectivity index (χ0n) is 6.42. The standard InChI is InChI=1S/C6H11Cl2NO2/c1-3-4(2)5(6(10)11)9(7)8/h4-5H,3H2,1-2H3,(H,10,11)/t4-,5-/m0/s1. The number of hydrogen-bond acceptors (Lipinski definition) is 2. The Balaban J connectivity index is 4.21. The van der Waals surface area contributed by atoms with Crippen LogP contribution in [-0.4, -0.2) is 21.1 Å². The van der Waals surface area contributed by atoms with Crippen molar-refractivity contribution >= 4 is 29.5 Å². The molecule has 3 nitrogen and oxygen atoms in total. The van der Waals surface area contributed by atoms with Crippen LogP contribution in [0.15, 0.2) is 0 Å².